The van der Waals surface area contributed by atoms with Crippen molar-refractivity contribution in [2.75, 3.05) is 24.9 Å². The van der Waals surface area contributed by atoms with Crippen LogP contribution in [0.25, 0.3) is 11.3 Å². The van der Waals surface area contributed by atoms with Crippen molar-refractivity contribution in [3.05, 3.63) is 54.6 Å². The summed E-state index contributed by atoms with van der Waals surface area (Å²) in [5.74, 6) is 2.71. The van der Waals surface area contributed by atoms with Gasteiger partial charge in [0.2, 0.25) is 5.95 Å². The molecular weight excluding hydrogens is 340 g/mol. The molecule has 0 unspecified atom stereocenters. The molecular formula is C21H22N4O2. The molecule has 0 amide bonds. The number of benzene rings is 2. The normalized spacial score (nSPS) is 13.1. The third-order valence-corrected chi connectivity index (χ3v) is 4.36. The molecule has 1 aliphatic carbocycles. The smallest absolute Gasteiger partial charge is 0.225 e. The molecule has 1 heterocycles. The molecule has 0 atom stereocenters. The molecule has 0 bridgehead atoms. The Morgan fingerprint density at radius 2 is 1.67 bits per heavy atom. The predicted molar refractivity (Wildman–Crippen MR) is 107 cm³/mol. The molecule has 6 nitrogen and oxygen atoms in total. The van der Waals surface area contributed by atoms with Crippen molar-refractivity contribution in [2.24, 2.45) is 0 Å². The van der Waals surface area contributed by atoms with Crippen molar-refractivity contribution in [1.29, 1.82) is 0 Å². The highest BCUT2D eigenvalue weighted by Crippen LogP contribution is 2.32. The van der Waals surface area contributed by atoms with Crippen LogP contribution in [0, 0.1) is 0 Å². The standard InChI is InChI=1S/C21H22N4O2/c1-26-18-11-10-16(12-19(18)27-2)22-20-13-17(14-6-4-3-5-7-14)24-21(25-20)23-15-8-9-15/h3-7,10-13,15H,8-9H2,1-2H3,(H2,22,23,24,25). The number of hydrogen-bond acceptors (Lipinski definition) is 6. The molecule has 1 aliphatic rings. The lowest BCUT2D eigenvalue weighted by Crippen LogP contribution is -2.07. The monoisotopic (exact) mass is 362 g/mol. The van der Waals surface area contributed by atoms with E-state index in [0.29, 0.717) is 23.5 Å². The first-order valence-electron chi connectivity index (χ1n) is 8.95. The highest BCUT2D eigenvalue weighted by molar-refractivity contribution is 5.68. The highest BCUT2D eigenvalue weighted by Gasteiger charge is 2.22. The first-order chi connectivity index (χ1) is 13.2. The van der Waals surface area contributed by atoms with Gasteiger partial charge in [0, 0.05) is 29.4 Å². The van der Waals surface area contributed by atoms with Crippen LogP contribution in [-0.2, 0) is 0 Å². The van der Waals surface area contributed by atoms with Gasteiger partial charge in [-0.05, 0) is 25.0 Å². The Morgan fingerprint density at radius 3 is 2.37 bits per heavy atom. The SMILES string of the molecule is COc1ccc(Nc2cc(-c3ccccc3)nc(NC3CC3)n2)cc1OC. The van der Waals surface area contributed by atoms with E-state index in [1.165, 1.54) is 0 Å². The molecule has 27 heavy (non-hydrogen) atoms. The summed E-state index contributed by atoms with van der Waals surface area (Å²) in [5.41, 5.74) is 2.79. The zero-order valence-corrected chi connectivity index (χ0v) is 15.4. The fourth-order valence-corrected chi connectivity index (χ4v) is 2.80. The summed E-state index contributed by atoms with van der Waals surface area (Å²) < 4.78 is 10.7. The van der Waals surface area contributed by atoms with Crippen molar-refractivity contribution < 1.29 is 9.47 Å². The molecule has 1 saturated carbocycles. The van der Waals surface area contributed by atoms with Crippen LogP contribution < -0.4 is 20.1 Å². The van der Waals surface area contributed by atoms with Gasteiger partial charge in [-0.3, -0.25) is 0 Å². The second kappa shape index (κ2) is 7.53. The molecule has 0 spiro atoms. The molecule has 138 valence electrons. The number of nitrogens with zero attached hydrogens (tertiary/aromatic N) is 2. The lowest BCUT2D eigenvalue weighted by atomic mass is 10.1. The zero-order valence-electron chi connectivity index (χ0n) is 15.4. The average Bonchev–Trinajstić information content (AvgIpc) is 3.52. The summed E-state index contributed by atoms with van der Waals surface area (Å²) in [7, 11) is 3.24. The van der Waals surface area contributed by atoms with E-state index < -0.39 is 0 Å². The lowest BCUT2D eigenvalue weighted by Gasteiger charge is -2.13. The van der Waals surface area contributed by atoms with Crippen LogP contribution in [0.3, 0.4) is 0 Å². The van der Waals surface area contributed by atoms with Crippen molar-refractivity contribution in [3.8, 4) is 22.8 Å². The summed E-state index contributed by atoms with van der Waals surface area (Å²) in [6.45, 7) is 0. The number of aromatic nitrogens is 2. The van der Waals surface area contributed by atoms with Gasteiger partial charge in [-0.1, -0.05) is 30.3 Å². The molecule has 0 saturated heterocycles. The molecule has 4 rings (SSSR count). The van der Waals surface area contributed by atoms with Gasteiger partial charge < -0.3 is 20.1 Å². The first kappa shape index (κ1) is 17.1. The minimum atomic E-state index is 0.477. The summed E-state index contributed by atoms with van der Waals surface area (Å²) in [6.07, 6.45) is 2.33. The van der Waals surface area contributed by atoms with E-state index in [2.05, 4.69) is 20.6 Å². The molecule has 1 fully saturated rings. The third kappa shape index (κ3) is 4.11. The van der Waals surface area contributed by atoms with E-state index in [1.807, 2.05) is 54.6 Å². The second-order valence-electron chi connectivity index (χ2n) is 6.44. The third-order valence-electron chi connectivity index (χ3n) is 4.36. The molecule has 2 aromatic carbocycles. The van der Waals surface area contributed by atoms with Gasteiger partial charge in [0.05, 0.1) is 19.9 Å². The second-order valence-corrected chi connectivity index (χ2v) is 6.44. The largest absolute Gasteiger partial charge is 0.493 e. The summed E-state index contributed by atoms with van der Waals surface area (Å²) in [4.78, 5) is 9.31. The average molecular weight is 362 g/mol. The molecule has 1 aromatic heterocycles. The first-order valence-corrected chi connectivity index (χ1v) is 8.95. The Morgan fingerprint density at radius 1 is 0.889 bits per heavy atom. The molecule has 3 aromatic rings. The van der Waals surface area contributed by atoms with E-state index >= 15 is 0 Å². The fraction of sp³-hybridized carbons (Fsp3) is 0.238. The zero-order chi connectivity index (χ0) is 18.6. The maximum Gasteiger partial charge on any atom is 0.225 e. The number of rotatable bonds is 7. The Balaban J connectivity index is 1.66. The Bertz CT molecular complexity index is 927. The Labute approximate surface area is 158 Å². The van der Waals surface area contributed by atoms with Crippen molar-refractivity contribution in [3.63, 3.8) is 0 Å². The topological polar surface area (TPSA) is 68.3 Å². The quantitative estimate of drug-likeness (QED) is 0.646. The van der Waals surface area contributed by atoms with Gasteiger partial charge >= 0.3 is 0 Å². The number of anilines is 3. The van der Waals surface area contributed by atoms with E-state index in [0.717, 1.165) is 35.6 Å². The number of methoxy groups -OCH3 is 2. The predicted octanol–water partition coefficient (Wildman–Crippen LogP) is 4.48. The van der Waals surface area contributed by atoms with E-state index in [4.69, 9.17) is 9.47 Å². The van der Waals surface area contributed by atoms with Crippen molar-refractivity contribution >= 4 is 17.5 Å². The molecule has 6 heteroatoms. The van der Waals surface area contributed by atoms with Crippen molar-refractivity contribution in [1.82, 2.24) is 9.97 Å². The van der Waals surface area contributed by atoms with Crippen LogP contribution in [0.1, 0.15) is 12.8 Å². The number of nitrogens with one attached hydrogen (secondary N) is 2. The van der Waals surface area contributed by atoms with Crippen LogP contribution >= 0.6 is 0 Å². The van der Waals surface area contributed by atoms with Gasteiger partial charge in [-0.2, -0.15) is 4.98 Å². The van der Waals surface area contributed by atoms with E-state index in [-0.39, 0.29) is 0 Å². The molecule has 0 radical (unpaired) electrons. The summed E-state index contributed by atoms with van der Waals surface area (Å²) in [5, 5.41) is 6.73. The minimum Gasteiger partial charge on any atom is -0.493 e. The van der Waals surface area contributed by atoms with Gasteiger partial charge in [-0.15, -0.1) is 0 Å². The Hall–Kier alpha value is -3.28. The summed E-state index contributed by atoms with van der Waals surface area (Å²) in [6, 6.07) is 18.2. The highest BCUT2D eigenvalue weighted by atomic mass is 16.5. The minimum absolute atomic E-state index is 0.477. The van der Waals surface area contributed by atoms with Crippen molar-refractivity contribution in [2.45, 2.75) is 18.9 Å². The van der Waals surface area contributed by atoms with Crippen LogP contribution in [0.15, 0.2) is 54.6 Å². The van der Waals surface area contributed by atoms with E-state index in [1.54, 1.807) is 14.2 Å². The summed E-state index contributed by atoms with van der Waals surface area (Å²) >= 11 is 0. The van der Waals surface area contributed by atoms with Crippen LogP contribution in [-0.4, -0.2) is 30.2 Å². The van der Waals surface area contributed by atoms with Crippen LogP contribution in [0.2, 0.25) is 0 Å². The lowest BCUT2D eigenvalue weighted by molar-refractivity contribution is 0.355. The van der Waals surface area contributed by atoms with Gasteiger partial charge in [-0.25, -0.2) is 4.98 Å². The van der Waals surface area contributed by atoms with Crippen LogP contribution in [0.5, 0.6) is 11.5 Å². The maximum atomic E-state index is 5.38. The fourth-order valence-electron chi connectivity index (χ4n) is 2.80. The van der Waals surface area contributed by atoms with E-state index in [9.17, 15) is 0 Å². The Kier molecular flexibility index (Phi) is 4.78. The van der Waals surface area contributed by atoms with Gasteiger partial charge in [0.1, 0.15) is 5.82 Å². The molecule has 0 aliphatic heterocycles. The van der Waals surface area contributed by atoms with Gasteiger partial charge in [0.25, 0.3) is 0 Å². The van der Waals surface area contributed by atoms with Gasteiger partial charge in [0.15, 0.2) is 11.5 Å². The number of hydrogen-bond donors (Lipinski definition) is 2. The number of ether oxygens (including phenoxy) is 2. The van der Waals surface area contributed by atoms with Crippen LogP contribution in [0.4, 0.5) is 17.5 Å². The molecule has 2 N–H and O–H groups in total. The maximum absolute atomic E-state index is 5.38.